The molecule has 0 saturated heterocycles. The van der Waals surface area contributed by atoms with E-state index in [0.29, 0.717) is 0 Å². The number of carbonyl (C=O) groups is 2. The molecule has 0 atom stereocenters. The Balaban J connectivity index is 0.000000443. The monoisotopic (exact) mass is 388 g/mol. The van der Waals surface area contributed by atoms with Crippen LogP contribution in [0.15, 0.2) is 60.7 Å². The van der Waals surface area contributed by atoms with Gasteiger partial charge in [0.05, 0.1) is 0 Å². The molecule has 5 heteroatoms. The van der Waals surface area contributed by atoms with Crippen molar-refractivity contribution in [3.8, 4) is 0 Å². The van der Waals surface area contributed by atoms with Gasteiger partial charge in [-0.05, 0) is 37.1 Å². The zero-order valence-corrected chi connectivity index (χ0v) is 17.3. The molecule has 0 aliphatic carbocycles. The fourth-order valence-electron chi connectivity index (χ4n) is 1.88. The fraction of sp³-hybridized carbons (Fsp3) is 0.100. The van der Waals surface area contributed by atoms with Gasteiger partial charge in [0, 0.05) is 31.6 Å². The molecule has 4 nitrogen and oxygen atoms in total. The molecule has 0 aliphatic heterocycles. The van der Waals surface area contributed by atoms with Crippen molar-refractivity contribution >= 4 is 24.1 Å². The average molecular weight is 390 g/mol. The third kappa shape index (κ3) is 10.8. The summed E-state index contributed by atoms with van der Waals surface area (Å²) in [5, 5.41) is 16.7. The fourth-order valence-corrected chi connectivity index (χ4v) is 1.88. The molecule has 2 aromatic rings. The van der Waals surface area contributed by atoms with Crippen molar-refractivity contribution in [2.45, 2.75) is 13.8 Å². The van der Waals surface area contributed by atoms with E-state index in [-0.39, 0.29) is 19.5 Å². The Bertz CT molecular complexity index is 698. The molecule has 0 bridgehead atoms. The van der Waals surface area contributed by atoms with Gasteiger partial charge in [0.1, 0.15) is 0 Å². The number of hydrogen-bond donors (Lipinski definition) is 2. The van der Waals surface area contributed by atoms with Crippen molar-refractivity contribution in [3.05, 3.63) is 82.9 Å². The Labute approximate surface area is 160 Å². The van der Waals surface area contributed by atoms with E-state index in [1.807, 2.05) is 62.4 Å². The topological polar surface area (TPSA) is 74.6 Å². The largest absolute Gasteiger partial charge is 0.478 e. The van der Waals surface area contributed by atoms with E-state index in [1.54, 1.807) is 12.2 Å². The van der Waals surface area contributed by atoms with E-state index in [9.17, 15) is 9.59 Å². The summed E-state index contributed by atoms with van der Waals surface area (Å²) in [6.45, 7) is 3.94. The first-order valence-electron chi connectivity index (χ1n) is 7.32. The molecular formula is C20H20O4Zn. The summed E-state index contributed by atoms with van der Waals surface area (Å²) >= 11 is 0. The molecule has 0 spiro atoms. The molecule has 2 aromatic carbocycles. The summed E-state index contributed by atoms with van der Waals surface area (Å²) in [6.07, 6.45) is 5.42. The van der Waals surface area contributed by atoms with Gasteiger partial charge in [-0.1, -0.05) is 59.7 Å². The van der Waals surface area contributed by atoms with Gasteiger partial charge < -0.3 is 10.2 Å². The van der Waals surface area contributed by atoms with Gasteiger partial charge in [-0.15, -0.1) is 0 Å². The van der Waals surface area contributed by atoms with Crippen molar-refractivity contribution < 1.29 is 39.3 Å². The van der Waals surface area contributed by atoms with Crippen LogP contribution >= 0.6 is 0 Å². The predicted octanol–water partition coefficient (Wildman–Crippen LogP) is 4.18. The van der Waals surface area contributed by atoms with Gasteiger partial charge in [0.25, 0.3) is 0 Å². The van der Waals surface area contributed by atoms with E-state index in [4.69, 9.17) is 10.2 Å². The van der Waals surface area contributed by atoms with Gasteiger partial charge in [0.2, 0.25) is 0 Å². The minimum Gasteiger partial charge on any atom is -0.478 e. The first-order valence-corrected chi connectivity index (χ1v) is 7.32. The Morgan fingerprint density at radius 1 is 0.760 bits per heavy atom. The third-order valence-corrected chi connectivity index (χ3v) is 2.92. The minimum absolute atomic E-state index is 0. The van der Waals surface area contributed by atoms with Crippen molar-refractivity contribution in [2.24, 2.45) is 0 Å². The van der Waals surface area contributed by atoms with Gasteiger partial charge >= 0.3 is 11.9 Å². The summed E-state index contributed by atoms with van der Waals surface area (Å²) in [4.78, 5) is 20.3. The summed E-state index contributed by atoms with van der Waals surface area (Å²) in [6, 6.07) is 15.3. The number of aliphatic carboxylic acids is 2. The maximum absolute atomic E-state index is 10.2. The molecule has 25 heavy (non-hydrogen) atoms. The van der Waals surface area contributed by atoms with Crippen LogP contribution in [0.4, 0.5) is 0 Å². The van der Waals surface area contributed by atoms with Crippen molar-refractivity contribution in [3.63, 3.8) is 0 Å². The molecule has 0 fully saturated rings. The van der Waals surface area contributed by atoms with Crippen LogP contribution in [0.5, 0.6) is 0 Å². The second-order valence-electron chi connectivity index (χ2n) is 5.17. The first kappa shape index (κ1) is 22.5. The van der Waals surface area contributed by atoms with E-state index in [1.165, 1.54) is 0 Å². The minimum atomic E-state index is -0.920. The number of benzene rings is 2. The Morgan fingerprint density at radius 3 is 1.40 bits per heavy atom. The average Bonchev–Trinajstić information content (AvgIpc) is 2.52. The van der Waals surface area contributed by atoms with E-state index >= 15 is 0 Å². The van der Waals surface area contributed by atoms with Crippen molar-refractivity contribution in [2.75, 3.05) is 0 Å². The molecule has 0 amide bonds. The van der Waals surface area contributed by atoms with E-state index < -0.39 is 11.9 Å². The van der Waals surface area contributed by atoms with Crippen LogP contribution in [0.2, 0.25) is 0 Å². The smallest absolute Gasteiger partial charge is 0.328 e. The van der Waals surface area contributed by atoms with E-state index in [0.717, 1.165) is 34.4 Å². The zero-order chi connectivity index (χ0) is 17.9. The molecule has 0 unspecified atom stereocenters. The molecule has 2 N–H and O–H groups in total. The quantitative estimate of drug-likeness (QED) is 0.607. The number of aryl methyl sites for hydroxylation is 2. The summed E-state index contributed by atoms with van der Waals surface area (Å²) in [7, 11) is 0. The summed E-state index contributed by atoms with van der Waals surface area (Å²) in [5.41, 5.74) is 4.08. The molecule has 0 radical (unpaired) electrons. The number of carboxylic acid groups (broad SMARTS) is 2. The van der Waals surface area contributed by atoms with Gasteiger partial charge in [-0.2, -0.15) is 0 Å². The molecule has 0 heterocycles. The first-order chi connectivity index (χ1) is 11.4. The molecule has 126 valence electrons. The summed E-state index contributed by atoms with van der Waals surface area (Å²) in [5.74, 6) is -1.84. The Hall–Kier alpha value is -2.52. The van der Waals surface area contributed by atoms with Gasteiger partial charge in [-0.25, -0.2) is 9.59 Å². The third-order valence-electron chi connectivity index (χ3n) is 2.92. The van der Waals surface area contributed by atoms with Crippen LogP contribution in [0.1, 0.15) is 22.3 Å². The second kappa shape index (κ2) is 11.9. The second-order valence-corrected chi connectivity index (χ2v) is 5.17. The van der Waals surface area contributed by atoms with Crippen LogP contribution in [-0.4, -0.2) is 22.2 Å². The summed E-state index contributed by atoms with van der Waals surface area (Å²) < 4.78 is 0. The molecule has 0 aliphatic rings. The van der Waals surface area contributed by atoms with Crippen LogP contribution in [0.25, 0.3) is 12.2 Å². The van der Waals surface area contributed by atoms with Gasteiger partial charge in [0.15, 0.2) is 0 Å². The maximum atomic E-state index is 10.2. The van der Waals surface area contributed by atoms with Crippen LogP contribution in [-0.2, 0) is 29.1 Å². The SMILES string of the molecule is Cc1cccc(C=CC(=O)O)c1.Cc1cccc(C=CC(=O)O)c1.[Zn]. The normalized spacial score (nSPS) is 10.0. The Kier molecular flexibility index (Phi) is 10.7. The number of carboxylic acids is 2. The standard InChI is InChI=1S/2C10H10O2.Zn/c2*1-8-3-2-4-9(7-8)5-6-10(11)12;/h2*2-7H,1H3,(H,11,12);. The van der Waals surface area contributed by atoms with Crippen LogP contribution in [0.3, 0.4) is 0 Å². The molecule has 0 saturated carbocycles. The zero-order valence-electron chi connectivity index (χ0n) is 14.3. The Morgan fingerprint density at radius 2 is 1.12 bits per heavy atom. The molecule has 2 rings (SSSR count). The molecular weight excluding hydrogens is 370 g/mol. The van der Waals surface area contributed by atoms with E-state index in [2.05, 4.69) is 0 Å². The van der Waals surface area contributed by atoms with Crippen molar-refractivity contribution in [1.29, 1.82) is 0 Å². The van der Waals surface area contributed by atoms with Crippen LogP contribution in [0, 0.1) is 13.8 Å². The number of rotatable bonds is 4. The number of hydrogen-bond acceptors (Lipinski definition) is 2. The maximum Gasteiger partial charge on any atom is 0.328 e. The molecule has 0 aromatic heterocycles. The van der Waals surface area contributed by atoms with Crippen molar-refractivity contribution in [1.82, 2.24) is 0 Å². The predicted molar refractivity (Wildman–Crippen MR) is 95.7 cm³/mol. The van der Waals surface area contributed by atoms with Gasteiger partial charge in [-0.3, -0.25) is 0 Å². The van der Waals surface area contributed by atoms with Crippen LogP contribution < -0.4 is 0 Å².